The first kappa shape index (κ1) is 20.8. The lowest BCUT2D eigenvalue weighted by molar-refractivity contribution is -0.115. The number of amides is 2. The maximum absolute atomic E-state index is 12.6. The van der Waals surface area contributed by atoms with Gasteiger partial charge in [-0.1, -0.05) is 55.7 Å². The van der Waals surface area contributed by atoms with Crippen molar-refractivity contribution in [1.82, 2.24) is 10.2 Å². The second-order valence-corrected chi connectivity index (χ2v) is 9.09. The van der Waals surface area contributed by atoms with Gasteiger partial charge in [-0.3, -0.25) is 14.9 Å². The average Bonchev–Trinajstić information content (AvgIpc) is 3.18. The van der Waals surface area contributed by atoms with Crippen LogP contribution in [-0.4, -0.2) is 33.0 Å². The van der Waals surface area contributed by atoms with Crippen molar-refractivity contribution in [3.63, 3.8) is 0 Å². The van der Waals surface area contributed by atoms with Gasteiger partial charge in [0.2, 0.25) is 16.9 Å². The molecule has 0 aliphatic heterocycles. The van der Waals surface area contributed by atoms with Crippen molar-refractivity contribution >= 4 is 45.7 Å². The second kappa shape index (κ2) is 10.6. The molecule has 1 saturated carbocycles. The molecule has 8 heteroatoms. The van der Waals surface area contributed by atoms with E-state index in [0.717, 1.165) is 23.5 Å². The van der Waals surface area contributed by atoms with Gasteiger partial charge in [0, 0.05) is 11.6 Å². The first-order valence-corrected chi connectivity index (χ1v) is 11.6. The third kappa shape index (κ3) is 6.04. The minimum atomic E-state index is -0.302. The maximum Gasteiger partial charge on any atom is 0.239 e. The second-order valence-electron chi connectivity index (χ2n) is 6.89. The van der Waals surface area contributed by atoms with E-state index in [4.69, 9.17) is 0 Å². The molecule has 28 heavy (non-hydrogen) atoms. The summed E-state index contributed by atoms with van der Waals surface area (Å²) < 4.78 is 0. The Morgan fingerprint density at radius 1 is 1.14 bits per heavy atom. The number of para-hydroxylation sites is 1. The zero-order valence-corrected chi connectivity index (χ0v) is 17.7. The number of rotatable bonds is 8. The van der Waals surface area contributed by atoms with E-state index in [9.17, 15) is 9.59 Å². The summed E-state index contributed by atoms with van der Waals surface area (Å²) in [5.74, 6) is 0.476. The molecule has 1 aliphatic rings. The van der Waals surface area contributed by atoms with Crippen molar-refractivity contribution in [3.8, 4) is 0 Å². The molecular weight excluding hydrogens is 392 g/mol. The summed E-state index contributed by atoms with van der Waals surface area (Å²) in [4.78, 5) is 24.7. The third-order valence-corrected chi connectivity index (χ3v) is 7.14. The van der Waals surface area contributed by atoms with Crippen LogP contribution in [0.2, 0.25) is 0 Å². The number of hydrogen-bond acceptors (Lipinski definition) is 6. The molecule has 0 saturated heterocycles. The first-order chi connectivity index (χ1) is 13.7. The summed E-state index contributed by atoms with van der Waals surface area (Å²) in [5.41, 5.74) is 0.759. The zero-order chi connectivity index (χ0) is 19.8. The summed E-state index contributed by atoms with van der Waals surface area (Å²) in [6, 6.07) is 9.32. The molecule has 1 unspecified atom stereocenters. The van der Waals surface area contributed by atoms with Crippen LogP contribution in [-0.2, 0) is 9.59 Å². The molecule has 150 valence electrons. The third-order valence-electron chi connectivity index (χ3n) is 4.76. The Labute approximate surface area is 173 Å². The van der Waals surface area contributed by atoms with Gasteiger partial charge in [0.15, 0.2) is 0 Å². The van der Waals surface area contributed by atoms with Crippen LogP contribution >= 0.6 is 23.1 Å². The van der Waals surface area contributed by atoms with Crippen LogP contribution < -0.4 is 10.6 Å². The van der Waals surface area contributed by atoms with E-state index in [1.807, 2.05) is 37.3 Å². The van der Waals surface area contributed by atoms with E-state index < -0.39 is 0 Å². The molecule has 0 radical (unpaired) electrons. The predicted octanol–water partition coefficient (Wildman–Crippen LogP) is 4.67. The van der Waals surface area contributed by atoms with Crippen LogP contribution in [0.25, 0.3) is 0 Å². The van der Waals surface area contributed by atoms with Crippen LogP contribution in [0.4, 0.5) is 10.8 Å². The molecule has 6 nitrogen and oxygen atoms in total. The number of nitrogens with zero attached hydrogens (tertiary/aromatic N) is 2. The molecule has 1 aromatic carbocycles. The minimum Gasteiger partial charge on any atom is -0.325 e. The normalized spacial score (nSPS) is 15.8. The van der Waals surface area contributed by atoms with Crippen molar-refractivity contribution in [2.75, 3.05) is 16.4 Å². The van der Waals surface area contributed by atoms with Crippen molar-refractivity contribution < 1.29 is 9.59 Å². The first-order valence-electron chi connectivity index (χ1n) is 9.76. The van der Waals surface area contributed by atoms with Gasteiger partial charge in [-0.15, -0.1) is 22.0 Å². The van der Waals surface area contributed by atoms with Gasteiger partial charge in [0.05, 0.1) is 11.0 Å². The Balaban J connectivity index is 1.48. The molecule has 2 N–H and O–H groups in total. The number of carbonyl (C=O) groups is 2. The molecule has 1 heterocycles. The van der Waals surface area contributed by atoms with Crippen LogP contribution in [0.5, 0.6) is 0 Å². The average molecular weight is 419 g/mol. The highest BCUT2D eigenvalue weighted by molar-refractivity contribution is 8.01. The smallest absolute Gasteiger partial charge is 0.239 e. The number of benzene rings is 1. The zero-order valence-electron chi connectivity index (χ0n) is 16.0. The van der Waals surface area contributed by atoms with Crippen LogP contribution in [0.15, 0.2) is 30.3 Å². The molecule has 0 bridgehead atoms. The summed E-state index contributed by atoms with van der Waals surface area (Å²) in [7, 11) is 0. The Bertz CT molecular complexity index is 776. The fraction of sp³-hybridized carbons (Fsp3) is 0.500. The highest BCUT2D eigenvalue weighted by atomic mass is 32.2. The summed E-state index contributed by atoms with van der Waals surface area (Å²) >= 11 is 2.82. The van der Waals surface area contributed by atoms with Gasteiger partial charge in [-0.2, -0.15) is 0 Å². The number of anilines is 2. The van der Waals surface area contributed by atoms with Crippen molar-refractivity contribution in [2.24, 2.45) is 0 Å². The molecule has 1 aliphatic carbocycles. The Morgan fingerprint density at radius 2 is 1.89 bits per heavy atom. The molecule has 0 spiro atoms. The van der Waals surface area contributed by atoms with Gasteiger partial charge in [0.1, 0.15) is 5.01 Å². The SMILES string of the molecule is CCC(SCC(=O)Nc1ccccc1)C(=O)Nc1nnc(C2CCCCC2)s1. The maximum atomic E-state index is 12.6. The molecule has 1 aromatic heterocycles. The molecule has 2 amide bonds. The van der Waals surface area contributed by atoms with Gasteiger partial charge < -0.3 is 5.32 Å². The predicted molar refractivity (Wildman–Crippen MR) is 116 cm³/mol. The molecular formula is C20H26N4O2S2. The Hall–Kier alpha value is -1.93. The Morgan fingerprint density at radius 3 is 2.61 bits per heavy atom. The number of carbonyl (C=O) groups excluding carboxylic acids is 2. The van der Waals surface area contributed by atoms with Crippen LogP contribution in [0, 0.1) is 0 Å². The lowest BCUT2D eigenvalue weighted by Crippen LogP contribution is -2.26. The summed E-state index contributed by atoms with van der Waals surface area (Å²) in [6.45, 7) is 1.94. The molecule has 1 fully saturated rings. The largest absolute Gasteiger partial charge is 0.325 e. The van der Waals surface area contributed by atoms with Gasteiger partial charge in [-0.25, -0.2) is 0 Å². The molecule has 1 atom stereocenters. The summed E-state index contributed by atoms with van der Waals surface area (Å²) in [6.07, 6.45) is 6.74. The van der Waals surface area contributed by atoms with Crippen molar-refractivity contribution in [2.45, 2.75) is 56.6 Å². The van der Waals surface area contributed by atoms with Crippen molar-refractivity contribution in [1.29, 1.82) is 0 Å². The van der Waals surface area contributed by atoms with E-state index in [2.05, 4.69) is 20.8 Å². The van der Waals surface area contributed by atoms with E-state index in [0.29, 0.717) is 17.5 Å². The topological polar surface area (TPSA) is 84.0 Å². The van der Waals surface area contributed by atoms with Gasteiger partial charge in [0.25, 0.3) is 0 Å². The fourth-order valence-electron chi connectivity index (χ4n) is 3.26. The van der Waals surface area contributed by atoms with Gasteiger partial charge in [-0.05, 0) is 31.4 Å². The number of hydrogen-bond donors (Lipinski definition) is 2. The highest BCUT2D eigenvalue weighted by Crippen LogP contribution is 2.35. The molecule has 3 rings (SSSR count). The standard InChI is InChI=1S/C20H26N4O2S2/c1-2-16(27-13-17(25)21-15-11-7-4-8-12-15)18(26)22-20-24-23-19(28-20)14-9-5-3-6-10-14/h4,7-8,11-12,14,16H,2-3,5-6,9-10,13H2,1H3,(H,21,25)(H,22,24,26). The lowest BCUT2D eigenvalue weighted by atomic mass is 9.90. The van der Waals surface area contributed by atoms with Gasteiger partial charge >= 0.3 is 0 Å². The van der Waals surface area contributed by atoms with E-state index in [1.165, 1.54) is 42.4 Å². The monoisotopic (exact) mass is 418 g/mol. The Kier molecular flexibility index (Phi) is 7.85. The number of thioether (sulfide) groups is 1. The van der Waals surface area contributed by atoms with E-state index in [-0.39, 0.29) is 22.8 Å². The highest BCUT2D eigenvalue weighted by Gasteiger charge is 2.23. The molecule has 2 aromatic rings. The fourth-order valence-corrected chi connectivity index (χ4v) is 5.05. The van der Waals surface area contributed by atoms with Crippen molar-refractivity contribution in [3.05, 3.63) is 35.3 Å². The summed E-state index contributed by atoms with van der Waals surface area (Å²) in [5, 5.41) is 15.4. The number of nitrogens with one attached hydrogen (secondary N) is 2. The minimum absolute atomic E-state index is 0.113. The quantitative estimate of drug-likeness (QED) is 0.650. The number of aromatic nitrogens is 2. The van der Waals surface area contributed by atoms with Crippen LogP contribution in [0.1, 0.15) is 56.4 Å². The lowest BCUT2D eigenvalue weighted by Gasteiger charge is -2.18. The van der Waals surface area contributed by atoms with Crippen LogP contribution in [0.3, 0.4) is 0 Å². The van der Waals surface area contributed by atoms with E-state index in [1.54, 1.807) is 0 Å². The van der Waals surface area contributed by atoms with E-state index >= 15 is 0 Å².